The molecule has 1 amide bonds. The number of nitrogens with one attached hydrogen (secondary N) is 2. The van der Waals surface area contributed by atoms with Crippen molar-refractivity contribution in [2.45, 2.75) is 63.8 Å². The van der Waals surface area contributed by atoms with Crippen molar-refractivity contribution in [3.8, 4) is 0 Å². The first-order valence-corrected chi connectivity index (χ1v) is 12.2. The van der Waals surface area contributed by atoms with Crippen LogP contribution in [-0.4, -0.2) is 20.9 Å². The van der Waals surface area contributed by atoms with Crippen LogP contribution in [0.1, 0.15) is 79.5 Å². The Morgan fingerprint density at radius 2 is 1.83 bits per heavy atom. The summed E-state index contributed by atoms with van der Waals surface area (Å²) < 4.78 is 28.7. The maximum absolute atomic E-state index is 13.0. The van der Waals surface area contributed by atoms with Gasteiger partial charge in [-0.15, -0.1) is 0 Å². The molecule has 0 bridgehead atoms. The van der Waals surface area contributed by atoms with Gasteiger partial charge in [0.15, 0.2) is 0 Å². The fraction of sp³-hybridized carbons (Fsp3) is 0.458. The average molecular weight is 429 g/mol. The first-order valence-electron chi connectivity index (χ1n) is 10.7. The van der Waals surface area contributed by atoms with Gasteiger partial charge in [0.05, 0.1) is 10.9 Å². The normalized spacial score (nSPS) is 16.1. The van der Waals surface area contributed by atoms with E-state index in [0.717, 1.165) is 30.4 Å². The topological polar surface area (TPSA) is 75.3 Å². The highest BCUT2D eigenvalue weighted by molar-refractivity contribution is 7.89. The smallest absolute Gasteiger partial charge is 0.251 e. The summed E-state index contributed by atoms with van der Waals surface area (Å²) in [5.74, 6) is 0.190. The van der Waals surface area contributed by atoms with Crippen LogP contribution in [0.5, 0.6) is 0 Å². The number of hydrogen-bond acceptors (Lipinski definition) is 3. The summed E-state index contributed by atoms with van der Waals surface area (Å²) in [5.41, 5.74) is 3.49. The number of carbonyl (C=O) groups excluding carboxylic acids is 1. The number of aryl methyl sites for hydroxylation is 1. The Labute approximate surface area is 180 Å². The minimum absolute atomic E-state index is 0.0282. The molecular formula is C24H32N2O3S. The van der Waals surface area contributed by atoms with Gasteiger partial charge < -0.3 is 5.32 Å². The molecule has 0 heterocycles. The second kappa shape index (κ2) is 9.31. The zero-order valence-corrected chi connectivity index (χ0v) is 19.1. The van der Waals surface area contributed by atoms with E-state index in [1.165, 1.54) is 11.6 Å². The van der Waals surface area contributed by atoms with Gasteiger partial charge in [0.25, 0.3) is 5.91 Å². The van der Waals surface area contributed by atoms with Gasteiger partial charge in [-0.3, -0.25) is 4.79 Å². The van der Waals surface area contributed by atoms with Gasteiger partial charge in [-0.05, 0) is 59.9 Å². The lowest BCUT2D eigenvalue weighted by Gasteiger charge is -2.18. The lowest BCUT2D eigenvalue weighted by atomic mass is 10.0. The van der Waals surface area contributed by atoms with Gasteiger partial charge in [-0.25, -0.2) is 13.1 Å². The van der Waals surface area contributed by atoms with Crippen molar-refractivity contribution < 1.29 is 13.2 Å². The van der Waals surface area contributed by atoms with Gasteiger partial charge in [0.1, 0.15) is 0 Å². The van der Waals surface area contributed by atoms with Gasteiger partial charge in [0.2, 0.25) is 10.0 Å². The summed E-state index contributed by atoms with van der Waals surface area (Å²) in [6.45, 7) is 8.40. The quantitative estimate of drug-likeness (QED) is 0.648. The summed E-state index contributed by atoms with van der Waals surface area (Å²) in [7, 11) is -3.69. The van der Waals surface area contributed by atoms with E-state index in [4.69, 9.17) is 0 Å². The van der Waals surface area contributed by atoms with Crippen LogP contribution in [0.15, 0.2) is 47.4 Å². The molecule has 0 fully saturated rings. The molecule has 30 heavy (non-hydrogen) atoms. The summed E-state index contributed by atoms with van der Waals surface area (Å²) in [5, 5.41) is 3.08. The van der Waals surface area contributed by atoms with E-state index in [0.29, 0.717) is 18.0 Å². The molecule has 0 spiro atoms. The number of fused-ring (bicyclic) bond motifs is 1. The van der Waals surface area contributed by atoms with Gasteiger partial charge in [-0.2, -0.15) is 0 Å². The number of rotatable bonds is 8. The van der Waals surface area contributed by atoms with Crippen LogP contribution in [0, 0.1) is 5.92 Å². The third-order valence-electron chi connectivity index (χ3n) is 5.64. The zero-order chi connectivity index (χ0) is 21.9. The molecular weight excluding hydrogens is 396 g/mol. The van der Waals surface area contributed by atoms with E-state index in [1.807, 2.05) is 32.0 Å². The second-order valence-corrected chi connectivity index (χ2v) is 10.5. The second-order valence-electron chi connectivity index (χ2n) is 8.75. The molecule has 1 unspecified atom stereocenters. The van der Waals surface area contributed by atoms with Crippen molar-refractivity contribution in [2.24, 2.45) is 5.92 Å². The molecule has 1 aliphatic rings. The molecule has 3 rings (SSSR count). The van der Waals surface area contributed by atoms with Crippen molar-refractivity contribution in [1.29, 1.82) is 0 Å². The number of sulfonamides is 1. The molecule has 1 atom stereocenters. The molecule has 5 nitrogen and oxygen atoms in total. The van der Waals surface area contributed by atoms with Crippen LogP contribution < -0.4 is 10.0 Å². The Kier molecular flexibility index (Phi) is 6.98. The van der Waals surface area contributed by atoms with E-state index in [-0.39, 0.29) is 22.8 Å². The molecule has 0 aromatic heterocycles. The lowest BCUT2D eigenvalue weighted by molar-refractivity contribution is 0.0936. The van der Waals surface area contributed by atoms with E-state index >= 15 is 0 Å². The predicted molar refractivity (Wildman–Crippen MR) is 120 cm³/mol. The van der Waals surface area contributed by atoms with E-state index in [1.54, 1.807) is 12.1 Å². The van der Waals surface area contributed by atoms with Crippen molar-refractivity contribution in [2.75, 3.05) is 6.54 Å². The van der Waals surface area contributed by atoms with Crippen molar-refractivity contribution in [1.82, 2.24) is 10.0 Å². The Morgan fingerprint density at radius 1 is 1.10 bits per heavy atom. The van der Waals surface area contributed by atoms with E-state index in [2.05, 4.69) is 30.0 Å². The molecule has 162 valence electrons. The highest BCUT2D eigenvalue weighted by Crippen LogP contribution is 2.31. The molecule has 2 N–H and O–H groups in total. The fourth-order valence-electron chi connectivity index (χ4n) is 3.89. The molecule has 1 aliphatic carbocycles. The summed E-state index contributed by atoms with van der Waals surface area (Å²) in [6.07, 6.45) is 2.56. The number of hydrogen-bond donors (Lipinski definition) is 2. The predicted octanol–water partition coefficient (Wildman–Crippen LogP) is 4.55. The van der Waals surface area contributed by atoms with Crippen LogP contribution in [0.25, 0.3) is 0 Å². The first kappa shape index (κ1) is 22.5. The lowest BCUT2D eigenvalue weighted by Crippen LogP contribution is -2.29. The molecule has 6 heteroatoms. The number of amides is 1. The number of benzene rings is 2. The van der Waals surface area contributed by atoms with Crippen molar-refractivity contribution in [3.63, 3.8) is 0 Å². The largest absolute Gasteiger partial charge is 0.345 e. The van der Waals surface area contributed by atoms with Gasteiger partial charge >= 0.3 is 0 Å². The minimum atomic E-state index is -3.69. The highest BCUT2D eigenvalue weighted by Gasteiger charge is 2.26. The fourth-order valence-corrected chi connectivity index (χ4v) is 5.33. The summed E-state index contributed by atoms with van der Waals surface area (Å²) in [6, 6.07) is 13.1. The van der Waals surface area contributed by atoms with Crippen LogP contribution in [-0.2, 0) is 16.4 Å². The average Bonchev–Trinajstić information content (AvgIpc) is 3.10. The minimum Gasteiger partial charge on any atom is -0.345 e. The number of carbonyl (C=O) groups is 1. The Morgan fingerprint density at radius 3 is 2.53 bits per heavy atom. The molecule has 0 saturated heterocycles. The zero-order valence-electron chi connectivity index (χ0n) is 18.2. The van der Waals surface area contributed by atoms with Crippen molar-refractivity contribution in [3.05, 3.63) is 64.7 Å². The van der Waals surface area contributed by atoms with Gasteiger partial charge in [0, 0.05) is 12.1 Å². The first-order chi connectivity index (χ1) is 14.2. The van der Waals surface area contributed by atoms with Crippen LogP contribution >= 0.6 is 0 Å². The van der Waals surface area contributed by atoms with Crippen molar-refractivity contribution >= 4 is 15.9 Å². The van der Waals surface area contributed by atoms with E-state index in [9.17, 15) is 13.2 Å². The Hall–Kier alpha value is -2.18. The highest BCUT2D eigenvalue weighted by atomic mass is 32.2. The SMILES string of the molecule is CC(C)CCNS(=O)(=O)c1cc(C(=O)NC2CCc3ccccc32)ccc1C(C)C. The van der Waals surface area contributed by atoms with Crippen LogP contribution in [0.2, 0.25) is 0 Å². The molecule has 2 aromatic carbocycles. The molecule has 0 aliphatic heterocycles. The standard InChI is InChI=1S/C24H32N2O3S/c1-16(2)13-14-25-30(28,29)23-15-19(9-11-20(23)17(3)4)24(27)26-22-12-10-18-7-5-6-8-21(18)22/h5-9,11,15-17,22,25H,10,12-14H2,1-4H3,(H,26,27). The maximum Gasteiger partial charge on any atom is 0.251 e. The Bertz CT molecular complexity index is 1010. The van der Waals surface area contributed by atoms with Crippen LogP contribution in [0.4, 0.5) is 0 Å². The maximum atomic E-state index is 13.0. The third-order valence-corrected chi connectivity index (χ3v) is 7.16. The van der Waals surface area contributed by atoms with Crippen LogP contribution in [0.3, 0.4) is 0 Å². The van der Waals surface area contributed by atoms with Gasteiger partial charge in [-0.1, -0.05) is 58.0 Å². The summed E-state index contributed by atoms with van der Waals surface area (Å²) in [4.78, 5) is 13.1. The Balaban J connectivity index is 1.84. The van der Waals surface area contributed by atoms with E-state index < -0.39 is 10.0 Å². The summed E-state index contributed by atoms with van der Waals surface area (Å²) >= 11 is 0. The monoisotopic (exact) mass is 428 g/mol. The molecule has 0 radical (unpaired) electrons. The molecule has 0 saturated carbocycles. The third kappa shape index (κ3) is 5.10. The molecule has 2 aromatic rings.